The number of carboxylic acids is 1. The molecule has 1 atom stereocenters. The summed E-state index contributed by atoms with van der Waals surface area (Å²) < 4.78 is 14.6. The molecule has 1 aliphatic heterocycles. The molecule has 0 spiro atoms. The van der Waals surface area contributed by atoms with E-state index in [2.05, 4.69) is 15.7 Å². The van der Waals surface area contributed by atoms with Crippen LogP contribution >= 0.6 is 11.6 Å². The van der Waals surface area contributed by atoms with Gasteiger partial charge in [0.1, 0.15) is 28.9 Å². The number of halogens is 2. The van der Waals surface area contributed by atoms with Gasteiger partial charge in [-0.2, -0.15) is 5.10 Å². The molecule has 2 heterocycles. The molecule has 0 radical (unpaired) electrons. The van der Waals surface area contributed by atoms with Gasteiger partial charge in [0.15, 0.2) is 0 Å². The highest BCUT2D eigenvalue weighted by molar-refractivity contribution is 6.31. The number of nitrogens with zero attached hydrogens (tertiary/aromatic N) is 2. The minimum Gasteiger partial charge on any atom is -0.477 e. The van der Waals surface area contributed by atoms with Gasteiger partial charge in [0.25, 0.3) is 5.91 Å². The SMILES string of the molecule is O=C(O)C1=C[C@@H](c2ccccc2Cl)n2ncc(C(=O)Nc3ccc(F)cc3)c2N1. The van der Waals surface area contributed by atoms with Crippen molar-refractivity contribution >= 4 is 35.0 Å². The molecular formula is C20H14ClFN4O3. The molecule has 0 saturated carbocycles. The molecule has 1 aromatic heterocycles. The first-order valence-corrected chi connectivity index (χ1v) is 8.93. The maximum absolute atomic E-state index is 13.1. The van der Waals surface area contributed by atoms with Crippen LogP contribution in [0.4, 0.5) is 15.9 Å². The number of fused-ring (bicyclic) bond motifs is 1. The topological polar surface area (TPSA) is 96.2 Å². The molecule has 29 heavy (non-hydrogen) atoms. The lowest BCUT2D eigenvalue weighted by atomic mass is 10.0. The molecule has 3 aromatic rings. The zero-order valence-corrected chi connectivity index (χ0v) is 15.5. The summed E-state index contributed by atoms with van der Waals surface area (Å²) in [6, 6.07) is 11.7. The molecule has 0 unspecified atom stereocenters. The van der Waals surface area contributed by atoms with Crippen LogP contribution in [0.3, 0.4) is 0 Å². The lowest BCUT2D eigenvalue weighted by Gasteiger charge is -2.25. The summed E-state index contributed by atoms with van der Waals surface area (Å²) in [5, 5.41) is 19.6. The predicted octanol–water partition coefficient (Wildman–Crippen LogP) is 3.91. The molecule has 0 aliphatic carbocycles. The van der Waals surface area contributed by atoms with Crippen molar-refractivity contribution in [3.05, 3.63) is 88.5 Å². The van der Waals surface area contributed by atoms with Crippen LogP contribution in [0.5, 0.6) is 0 Å². The molecule has 2 aromatic carbocycles. The maximum atomic E-state index is 13.1. The van der Waals surface area contributed by atoms with E-state index >= 15 is 0 Å². The van der Waals surface area contributed by atoms with Crippen molar-refractivity contribution in [1.29, 1.82) is 0 Å². The van der Waals surface area contributed by atoms with Crippen LogP contribution in [-0.4, -0.2) is 26.8 Å². The average Bonchev–Trinajstić information content (AvgIpc) is 3.13. The quantitative estimate of drug-likeness (QED) is 0.603. The van der Waals surface area contributed by atoms with Crippen LogP contribution < -0.4 is 10.6 Å². The van der Waals surface area contributed by atoms with Crippen molar-refractivity contribution in [3.8, 4) is 0 Å². The number of carbonyl (C=O) groups is 2. The smallest absolute Gasteiger partial charge is 0.352 e. The molecule has 7 nitrogen and oxygen atoms in total. The second kappa shape index (κ2) is 7.40. The predicted molar refractivity (Wildman–Crippen MR) is 106 cm³/mol. The zero-order chi connectivity index (χ0) is 20.5. The molecule has 4 rings (SSSR count). The Morgan fingerprint density at radius 2 is 1.90 bits per heavy atom. The summed E-state index contributed by atoms with van der Waals surface area (Å²) in [6.45, 7) is 0. The summed E-state index contributed by atoms with van der Waals surface area (Å²) >= 11 is 6.29. The van der Waals surface area contributed by atoms with Crippen molar-refractivity contribution in [2.75, 3.05) is 10.6 Å². The first kappa shape index (κ1) is 18.7. The molecule has 0 saturated heterocycles. The molecule has 1 amide bonds. The summed E-state index contributed by atoms with van der Waals surface area (Å²) in [6.07, 6.45) is 2.81. The number of hydrogen-bond acceptors (Lipinski definition) is 4. The van der Waals surface area contributed by atoms with E-state index in [0.29, 0.717) is 16.3 Å². The molecule has 0 fully saturated rings. The third-order valence-corrected chi connectivity index (χ3v) is 4.78. The molecule has 9 heteroatoms. The number of aliphatic carboxylic acids is 1. The zero-order valence-electron chi connectivity index (χ0n) is 14.8. The minimum atomic E-state index is -1.18. The Bertz CT molecular complexity index is 1140. The number of benzene rings is 2. The van der Waals surface area contributed by atoms with Gasteiger partial charge in [-0.3, -0.25) is 4.79 Å². The lowest BCUT2D eigenvalue weighted by Crippen LogP contribution is -2.25. The van der Waals surface area contributed by atoms with Crippen molar-refractivity contribution < 1.29 is 19.1 Å². The first-order valence-electron chi connectivity index (χ1n) is 8.55. The Morgan fingerprint density at radius 3 is 2.59 bits per heavy atom. The molecular weight excluding hydrogens is 399 g/mol. The van der Waals surface area contributed by atoms with Crippen LogP contribution in [-0.2, 0) is 4.79 Å². The number of amides is 1. The summed E-state index contributed by atoms with van der Waals surface area (Å²) in [5.74, 6) is -1.91. The fourth-order valence-corrected chi connectivity index (χ4v) is 3.30. The highest BCUT2D eigenvalue weighted by Gasteiger charge is 2.30. The van der Waals surface area contributed by atoms with Crippen LogP contribution in [0, 0.1) is 5.82 Å². The minimum absolute atomic E-state index is 0.0984. The summed E-state index contributed by atoms with van der Waals surface area (Å²) in [5.41, 5.74) is 1.07. The van der Waals surface area contributed by atoms with E-state index in [1.807, 2.05) is 0 Å². The number of carbonyl (C=O) groups excluding carboxylic acids is 1. The van der Waals surface area contributed by atoms with Crippen LogP contribution in [0.25, 0.3) is 0 Å². The van der Waals surface area contributed by atoms with Gasteiger partial charge < -0.3 is 15.7 Å². The fraction of sp³-hybridized carbons (Fsp3) is 0.0500. The van der Waals surface area contributed by atoms with Gasteiger partial charge in [0, 0.05) is 10.7 Å². The molecule has 0 bridgehead atoms. The van der Waals surface area contributed by atoms with Crippen LogP contribution in [0.2, 0.25) is 5.02 Å². The van der Waals surface area contributed by atoms with E-state index in [-0.39, 0.29) is 17.1 Å². The van der Waals surface area contributed by atoms with Crippen molar-refractivity contribution in [3.63, 3.8) is 0 Å². The van der Waals surface area contributed by atoms with Gasteiger partial charge in [0.05, 0.1) is 6.20 Å². The van der Waals surface area contributed by atoms with E-state index < -0.39 is 23.7 Å². The standard InChI is InChI=1S/C20H14ClFN4O3/c21-15-4-2-1-3-13(15)17-9-16(20(28)29)25-18-14(10-23-26(17)18)19(27)24-12-7-5-11(22)6-8-12/h1-10,17,25H,(H,24,27)(H,28,29)/t17-/m0/s1. The van der Waals surface area contributed by atoms with Gasteiger partial charge in [0.2, 0.25) is 0 Å². The number of nitrogens with one attached hydrogen (secondary N) is 2. The Hall–Kier alpha value is -3.65. The monoisotopic (exact) mass is 412 g/mol. The van der Waals surface area contributed by atoms with E-state index in [1.165, 1.54) is 41.2 Å². The van der Waals surface area contributed by atoms with E-state index in [4.69, 9.17) is 11.6 Å². The van der Waals surface area contributed by atoms with Gasteiger partial charge in [-0.25, -0.2) is 13.9 Å². The van der Waals surface area contributed by atoms with Gasteiger partial charge in [-0.15, -0.1) is 0 Å². The normalized spacial score (nSPS) is 15.1. The van der Waals surface area contributed by atoms with Gasteiger partial charge in [-0.05, 0) is 42.0 Å². The van der Waals surface area contributed by atoms with E-state index in [0.717, 1.165) is 0 Å². The second-order valence-corrected chi connectivity index (χ2v) is 6.70. The number of aromatic nitrogens is 2. The third-order valence-electron chi connectivity index (χ3n) is 4.44. The molecule has 3 N–H and O–H groups in total. The van der Waals surface area contributed by atoms with E-state index in [9.17, 15) is 19.1 Å². The number of hydrogen-bond donors (Lipinski definition) is 3. The van der Waals surface area contributed by atoms with Crippen molar-refractivity contribution in [2.24, 2.45) is 0 Å². The highest BCUT2D eigenvalue weighted by Crippen LogP contribution is 2.35. The maximum Gasteiger partial charge on any atom is 0.352 e. The largest absolute Gasteiger partial charge is 0.477 e. The second-order valence-electron chi connectivity index (χ2n) is 6.29. The lowest BCUT2D eigenvalue weighted by molar-refractivity contribution is -0.132. The van der Waals surface area contributed by atoms with Crippen molar-refractivity contribution in [1.82, 2.24) is 9.78 Å². The first-order chi connectivity index (χ1) is 13.9. The Balaban J connectivity index is 1.73. The number of anilines is 2. The van der Waals surface area contributed by atoms with Gasteiger partial charge in [-0.1, -0.05) is 29.8 Å². The number of rotatable bonds is 4. The van der Waals surface area contributed by atoms with Crippen LogP contribution in [0.15, 0.2) is 66.5 Å². The number of carboxylic acid groups (broad SMARTS) is 1. The molecule has 1 aliphatic rings. The number of allylic oxidation sites excluding steroid dienone is 1. The molecule has 146 valence electrons. The Morgan fingerprint density at radius 1 is 1.17 bits per heavy atom. The highest BCUT2D eigenvalue weighted by atomic mass is 35.5. The van der Waals surface area contributed by atoms with Crippen molar-refractivity contribution in [2.45, 2.75) is 6.04 Å². The van der Waals surface area contributed by atoms with Gasteiger partial charge >= 0.3 is 5.97 Å². The average molecular weight is 413 g/mol. The van der Waals surface area contributed by atoms with Crippen LogP contribution in [0.1, 0.15) is 22.0 Å². The Kier molecular flexibility index (Phi) is 4.77. The van der Waals surface area contributed by atoms with E-state index in [1.54, 1.807) is 24.3 Å². The summed E-state index contributed by atoms with van der Waals surface area (Å²) in [4.78, 5) is 24.3. The summed E-state index contributed by atoms with van der Waals surface area (Å²) in [7, 11) is 0. The Labute approximate surface area is 169 Å². The fourth-order valence-electron chi connectivity index (χ4n) is 3.05. The third kappa shape index (κ3) is 3.57.